The molecule has 0 heterocycles. The third kappa shape index (κ3) is 163. The van der Waals surface area contributed by atoms with Crippen molar-refractivity contribution in [3.63, 3.8) is 0 Å². The molecule has 0 atom stereocenters. The van der Waals surface area contributed by atoms with Gasteiger partial charge in [-0.25, -0.2) is 0 Å². The minimum absolute atomic E-state index is 0.330. The normalized spacial score (nSPS) is 9.96. The average molecular weight is 1530 g/mol. The van der Waals surface area contributed by atoms with Crippen LogP contribution in [0.1, 0.15) is 575 Å². The van der Waals surface area contributed by atoms with Crippen molar-refractivity contribution in [2.45, 2.75) is 575 Å². The lowest BCUT2D eigenvalue weighted by molar-refractivity contribution is -0.120. The summed E-state index contributed by atoms with van der Waals surface area (Å²) < 4.78 is 0. The van der Waals surface area contributed by atoms with Gasteiger partial charge < -0.3 is 19.2 Å². The summed E-state index contributed by atoms with van der Waals surface area (Å²) in [4.78, 5) is 108. The highest BCUT2D eigenvalue weighted by Gasteiger charge is 2.04. The van der Waals surface area contributed by atoms with Gasteiger partial charge in [0, 0.05) is 103 Å². The second-order valence-corrected chi connectivity index (χ2v) is 30.7. The maximum atomic E-state index is 11.1. The fourth-order valence-electron chi connectivity index (χ4n) is 10.9. The topological polar surface area (TPSA) is 171 Å². The molecule has 0 aromatic heterocycles. The standard InChI is InChI=1S/2C11H22O.4C10H20O.4C9H18O/c2*1-3-4-5-6-7-8-9-10-11(2)12;1-3-4-5-6-7-8-9-10(2)11;1-3-5-6-7-8-9-10(11)4-2;1-3-5-6-7-9-10(11)8-4-2;1-3-5-7-9-10(11)8-6-4-2;1-3-4-5-6-7-8-9(2)10;1-3-5-6-7-8-9(10)4-2;1-3-5-6-8-9(10)7-4-2;1-3-5-7-9(10)8-6-4-2/h2*3-10H2,1-2H3;4*3-9H2,1-2H3;4*3-8H2,1-2H3. The van der Waals surface area contributed by atoms with Crippen LogP contribution in [0.25, 0.3) is 0 Å². The molecule has 0 aromatic carbocycles. The Morgan fingerprint density at radius 3 is 0.407 bits per heavy atom. The van der Waals surface area contributed by atoms with Gasteiger partial charge in [-0.2, -0.15) is 0 Å². The van der Waals surface area contributed by atoms with Crippen LogP contribution in [0.15, 0.2) is 0 Å². The molecule has 0 aliphatic heterocycles. The van der Waals surface area contributed by atoms with Crippen LogP contribution in [-0.2, 0) is 47.9 Å². The van der Waals surface area contributed by atoms with E-state index in [4.69, 9.17) is 0 Å². The quantitative estimate of drug-likeness (QED) is 0.0534. The van der Waals surface area contributed by atoms with Gasteiger partial charge in [0.15, 0.2) is 0 Å². The number of hydrogen-bond donors (Lipinski definition) is 0. The highest BCUT2D eigenvalue weighted by atomic mass is 16.2. The van der Waals surface area contributed by atoms with Crippen molar-refractivity contribution in [2.75, 3.05) is 0 Å². The van der Waals surface area contributed by atoms with Gasteiger partial charge in [-0.15, -0.1) is 0 Å². The lowest BCUT2D eigenvalue weighted by Gasteiger charge is -1.98. The van der Waals surface area contributed by atoms with E-state index in [0.717, 1.165) is 199 Å². The Kier molecular flexibility index (Phi) is 142. The molecule has 0 rings (SSSR count). The van der Waals surface area contributed by atoms with Gasteiger partial charge in [-0.05, 0) is 118 Å². The molecule has 0 fully saturated rings. The fourth-order valence-corrected chi connectivity index (χ4v) is 10.9. The Labute approximate surface area is 677 Å². The van der Waals surface area contributed by atoms with Crippen molar-refractivity contribution >= 4 is 57.8 Å². The van der Waals surface area contributed by atoms with E-state index in [1.54, 1.807) is 27.7 Å². The highest BCUT2D eigenvalue weighted by Crippen LogP contribution is 2.13. The number of rotatable bonds is 68. The Balaban J connectivity index is -0.000000124. The lowest BCUT2D eigenvalue weighted by Crippen LogP contribution is -1.96. The molecule has 0 amide bonds. The van der Waals surface area contributed by atoms with Gasteiger partial charge in [0.2, 0.25) is 0 Å². The highest BCUT2D eigenvalue weighted by molar-refractivity contribution is 5.80. The zero-order valence-corrected chi connectivity index (χ0v) is 77.2. The third-order valence-electron chi connectivity index (χ3n) is 18.3. The van der Waals surface area contributed by atoms with Crippen molar-refractivity contribution in [3.8, 4) is 0 Å². The molecule has 0 aliphatic carbocycles. The molecule has 0 unspecified atom stereocenters. The first kappa shape index (κ1) is 126. The van der Waals surface area contributed by atoms with E-state index in [9.17, 15) is 47.9 Å². The number of ketones is 10. The van der Waals surface area contributed by atoms with Gasteiger partial charge >= 0.3 is 0 Å². The van der Waals surface area contributed by atoms with Crippen LogP contribution in [0.3, 0.4) is 0 Å². The van der Waals surface area contributed by atoms with Crippen LogP contribution in [0, 0.1) is 0 Å². The Morgan fingerprint density at radius 1 is 0.120 bits per heavy atom. The summed E-state index contributed by atoms with van der Waals surface area (Å²) >= 11 is 0. The van der Waals surface area contributed by atoms with Crippen molar-refractivity contribution in [1.82, 2.24) is 0 Å². The molecule has 108 heavy (non-hydrogen) atoms. The number of carbonyl (C=O) groups excluding carboxylic acids is 10. The molecular weight excluding hydrogens is 1340 g/mol. The van der Waals surface area contributed by atoms with E-state index in [1.807, 2.05) is 13.8 Å². The summed E-state index contributed by atoms with van der Waals surface area (Å²) in [6.45, 7) is 40.8. The van der Waals surface area contributed by atoms with E-state index in [1.165, 1.54) is 225 Å². The van der Waals surface area contributed by atoms with E-state index in [2.05, 4.69) is 96.9 Å². The summed E-state index contributed by atoms with van der Waals surface area (Å²) in [6, 6.07) is 0. The maximum Gasteiger partial charge on any atom is 0.132 e. The minimum atomic E-state index is 0.330. The van der Waals surface area contributed by atoms with E-state index in [0.29, 0.717) is 70.7 Å². The molecule has 0 N–H and O–H groups in total. The monoisotopic (exact) mass is 1530 g/mol. The van der Waals surface area contributed by atoms with Crippen molar-refractivity contribution in [1.29, 1.82) is 0 Å². The maximum absolute atomic E-state index is 11.1. The number of hydrogen-bond acceptors (Lipinski definition) is 10. The molecule has 10 nitrogen and oxygen atoms in total. The number of carbonyl (C=O) groups is 10. The predicted octanol–water partition coefficient (Wildman–Crippen LogP) is 32.5. The van der Waals surface area contributed by atoms with Crippen LogP contribution in [0.2, 0.25) is 0 Å². The van der Waals surface area contributed by atoms with E-state index >= 15 is 0 Å². The van der Waals surface area contributed by atoms with Gasteiger partial charge in [-0.3, -0.25) is 28.8 Å². The van der Waals surface area contributed by atoms with E-state index in [-0.39, 0.29) is 0 Å². The molecule has 10 heteroatoms. The zero-order chi connectivity index (χ0) is 83.9. The van der Waals surface area contributed by atoms with Crippen LogP contribution in [-0.4, -0.2) is 57.8 Å². The molecule has 0 spiro atoms. The van der Waals surface area contributed by atoms with Gasteiger partial charge in [0.1, 0.15) is 57.8 Å². The molecule has 648 valence electrons. The molecule has 0 aromatic rings. The summed E-state index contributed by atoms with van der Waals surface area (Å²) in [5.41, 5.74) is 0. The number of unbranched alkanes of at least 4 members (excludes halogenated alkanes) is 38. The first-order valence-electron chi connectivity index (χ1n) is 47.0. The number of Topliss-reactive ketones (excluding diaryl/α,β-unsaturated/α-hetero) is 10. The molecule has 0 radical (unpaired) electrons. The zero-order valence-electron chi connectivity index (χ0n) is 77.2. The first-order valence-corrected chi connectivity index (χ1v) is 47.0. The molecule has 0 aliphatic rings. The average Bonchev–Trinajstić information content (AvgIpc) is 1.64. The third-order valence-corrected chi connectivity index (χ3v) is 18.3. The molecule has 0 bridgehead atoms. The summed E-state index contributed by atoms with van der Waals surface area (Å²) in [5.74, 6) is 3.96. The Hall–Kier alpha value is -3.30. The van der Waals surface area contributed by atoms with Crippen LogP contribution < -0.4 is 0 Å². The van der Waals surface area contributed by atoms with E-state index < -0.39 is 0 Å². The minimum Gasteiger partial charge on any atom is -0.300 e. The van der Waals surface area contributed by atoms with Crippen LogP contribution in [0.4, 0.5) is 0 Å². The van der Waals surface area contributed by atoms with Crippen molar-refractivity contribution in [2.24, 2.45) is 0 Å². The smallest absolute Gasteiger partial charge is 0.132 e. The van der Waals surface area contributed by atoms with Gasteiger partial charge in [-0.1, -0.05) is 355 Å². The fraction of sp³-hybridized carbons (Fsp3) is 0.898. The summed E-state index contributed by atoms with van der Waals surface area (Å²) in [7, 11) is 0. The Bertz CT molecular complexity index is 1760. The van der Waals surface area contributed by atoms with Gasteiger partial charge in [0.25, 0.3) is 0 Å². The summed E-state index contributed by atoms with van der Waals surface area (Å²) in [6.07, 6.45) is 76.1. The van der Waals surface area contributed by atoms with Crippen molar-refractivity contribution in [3.05, 3.63) is 0 Å². The Morgan fingerprint density at radius 2 is 0.241 bits per heavy atom. The van der Waals surface area contributed by atoms with Gasteiger partial charge in [0.05, 0.1) is 0 Å². The second-order valence-electron chi connectivity index (χ2n) is 30.7. The van der Waals surface area contributed by atoms with Crippen LogP contribution >= 0.6 is 0 Å². The van der Waals surface area contributed by atoms with Crippen molar-refractivity contribution < 1.29 is 47.9 Å². The SMILES string of the molecule is CCCCC(=O)CCCC.CCCCCC(=O)CCC.CCCCCC(=O)CCCC.CCCCCCC(=O)CC.CCCCCCC(=O)CCC.CCCCCCCC(=O)CC.CCCCCCCC(C)=O.CCCCCCCCC(C)=O.CCCCCCCCCC(C)=O.CCCCCCCCCC(C)=O. The lowest BCUT2D eigenvalue weighted by atomic mass is 10.1. The molecule has 0 saturated carbocycles. The molecule has 0 saturated heterocycles. The summed E-state index contributed by atoms with van der Waals surface area (Å²) in [5, 5.41) is 0. The largest absolute Gasteiger partial charge is 0.300 e. The first-order chi connectivity index (χ1) is 51.9. The van der Waals surface area contributed by atoms with Crippen LogP contribution in [0.5, 0.6) is 0 Å². The second kappa shape index (κ2) is 122. The molecular formula is C98H196O10. The predicted molar refractivity (Wildman–Crippen MR) is 478 cm³/mol.